The summed E-state index contributed by atoms with van der Waals surface area (Å²) in [5, 5.41) is 10.0. The van der Waals surface area contributed by atoms with Gasteiger partial charge in [-0.05, 0) is 26.7 Å². The molecule has 1 N–H and O–H groups in total. The van der Waals surface area contributed by atoms with Crippen molar-refractivity contribution >= 4 is 27.3 Å². The third kappa shape index (κ3) is 4.54. The highest BCUT2D eigenvalue weighted by Gasteiger charge is 2.35. The van der Waals surface area contributed by atoms with Crippen LogP contribution in [0.15, 0.2) is 10.3 Å². The first kappa shape index (κ1) is 21.9. The summed E-state index contributed by atoms with van der Waals surface area (Å²) in [6.07, 6.45) is 1.70. The molecule has 1 unspecified atom stereocenters. The molecule has 0 aliphatic carbocycles. The Hall–Kier alpha value is -1.78. The van der Waals surface area contributed by atoms with E-state index in [1.165, 1.54) is 11.3 Å². The Labute approximate surface area is 176 Å². The van der Waals surface area contributed by atoms with Crippen LogP contribution in [0.2, 0.25) is 0 Å². The van der Waals surface area contributed by atoms with E-state index in [1.54, 1.807) is 29.9 Å². The number of aryl methyl sites for hydroxylation is 2. The van der Waals surface area contributed by atoms with Gasteiger partial charge in [0.1, 0.15) is 4.90 Å². The second-order valence-electron chi connectivity index (χ2n) is 7.88. The van der Waals surface area contributed by atoms with E-state index in [0.29, 0.717) is 35.9 Å². The summed E-state index contributed by atoms with van der Waals surface area (Å²) in [4.78, 5) is 16.7. The van der Waals surface area contributed by atoms with E-state index in [-0.39, 0.29) is 17.7 Å². The fourth-order valence-corrected chi connectivity index (χ4v) is 6.46. The number of amides is 1. The Bertz CT molecular complexity index is 994. The molecule has 1 atom stereocenters. The van der Waals surface area contributed by atoms with Crippen LogP contribution in [-0.2, 0) is 28.4 Å². The summed E-state index contributed by atoms with van der Waals surface area (Å²) in [5.74, 6) is -0.00309. The van der Waals surface area contributed by atoms with Crippen LogP contribution in [0.25, 0.3) is 0 Å². The van der Waals surface area contributed by atoms with Crippen molar-refractivity contribution in [2.24, 2.45) is 13.0 Å². The van der Waals surface area contributed by atoms with E-state index < -0.39 is 10.0 Å². The molecule has 2 aromatic rings. The number of aromatic nitrogens is 3. The first-order valence-corrected chi connectivity index (χ1v) is 12.2. The summed E-state index contributed by atoms with van der Waals surface area (Å²) in [6, 6.07) is 0. The van der Waals surface area contributed by atoms with Crippen LogP contribution in [0.4, 0.5) is 0 Å². The fourth-order valence-electron chi connectivity index (χ4n) is 3.59. The molecule has 0 aromatic carbocycles. The molecule has 29 heavy (non-hydrogen) atoms. The van der Waals surface area contributed by atoms with Crippen LogP contribution >= 0.6 is 11.3 Å². The molecule has 0 bridgehead atoms. The maximum absolute atomic E-state index is 13.3. The van der Waals surface area contributed by atoms with E-state index >= 15 is 0 Å². The van der Waals surface area contributed by atoms with Crippen LogP contribution < -0.4 is 5.32 Å². The Balaban J connectivity index is 1.73. The van der Waals surface area contributed by atoms with Crippen molar-refractivity contribution in [1.82, 2.24) is 24.4 Å². The number of nitrogens with one attached hydrogen (secondary N) is 1. The first-order valence-electron chi connectivity index (χ1n) is 9.83. The Morgan fingerprint density at radius 1 is 1.38 bits per heavy atom. The van der Waals surface area contributed by atoms with Gasteiger partial charge in [0.05, 0.1) is 28.6 Å². The predicted octanol–water partition coefficient (Wildman–Crippen LogP) is 2.33. The van der Waals surface area contributed by atoms with Crippen LogP contribution in [0.3, 0.4) is 0 Å². The summed E-state index contributed by atoms with van der Waals surface area (Å²) < 4.78 is 29.7. The van der Waals surface area contributed by atoms with Crippen molar-refractivity contribution in [2.75, 3.05) is 13.1 Å². The van der Waals surface area contributed by atoms with Gasteiger partial charge < -0.3 is 5.32 Å². The average Bonchev–Trinajstić information content (AvgIpc) is 3.24. The van der Waals surface area contributed by atoms with Crippen molar-refractivity contribution in [2.45, 2.75) is 57.9 Å². The minimum atomic E-state index is -3.60. The van der Waals surface area contributed by atoms with Gasteiger partial charge in [0.2, 0.25) is 15.9 Å². The van der Waals surface area contributed by atoms with Crippen molar-refractivity contribution in [3.8, 4) is 0 Å². The van der Waals surface area contributed by atoms with Gasteiger partial charge in [-0.2, -0.15) is 9.40 Å². The lowest BCUT2D eigenvalue weighted by molar-refractivity contribution is -0.124. The topological polar surface area (TPSA) is 97.2 Å². The van der Waals surface area contributed by atoms with Crippen molar-refractivity contribution in [3.63, 3.8) is 0 Å². The van der Waals surface area contributed by atoms with Crippen molar-refractivity contribution in [3.05, 3.63) is 27.5 Å². The van der Waals surface area contributed by atoms with Gasteiger partial charge in [0.25, 0.3) is 0 Å². The molecule has 1 aliphatic heterocycles. The number of thiazole rings is 1. The number of hydrogen-bond acceptors (Lipinski definition) is 6. The summed E-state index contributed by atoms with van der Waals surface area (Å²) in [5.41, 5.74) is 2.00. The lowest BCUT2D eigenvalue weighted by atomic mass is 10.0. The average molecular weight is 440 g/mol. The number of rotatable bonds is 6. The van der Waals surface area contributed by atoms with Crippen LogP contribution in [-0.4, -0.2) is 46.5 Å². The quantitative estimate of drug-likeness (QED) is 0.745. The molecular weight excluding hydrogens is 410 g/mol. The molecule has 0 radical (unpaired) electrons. The van der Waals surface area contributed by atoms with Gasteiger partial charge in [-0.15, -0.1) is 11.3 Å². The van der Waals surface area contributed by atoms with Crippen molar-refractivity contribution in [1.29, 1.82) is 0 Å². The van der Waals surface area contributed by atoms with Crippen molar-refractivity contribution < 1.29 is 13.2 Å². The molecule has 1 saturated heterocycles. The minimum Gasteiger partial charge on any atom is -0.350 e. The zero-order chi connectivity index (χ0) is 21.3. The summed E-state index contributed by atoms with van der Waals surface area (Å²) >= 11 is 1.53. The summed E-state index contributed by atoms with van der Waals surface area (Å²) in [7, 11) is -1.84. The smallest absolute Gasteiger partial charge is 0.246 e. The maximum Gasteiger partial charge on any atom is 0.246 e. The lowest BCUT2D eigenvalue weighted by Crippen LogP contribution is -2.39. The second kappa shape index (κ2) is 8.53. The molecule has 1 aliphatic rings. The van der Waals surface area contributed by atoms with E-state index in [4.69, 9.17) is 0 Å². The standard InChI is InChI=1S/C19H29N5O3S2/c1-12(2)18(25)20-9-16-11-28-19(21-16)15-7-6-8-24(10-15)29(26,27)17-13(3)22-23(5)14(17)4/h11-12,15H,6-10H2,1-5H3,(H,20,25). The van der Waals surface area contributed by atoms with Gasteiger partial charge in [-0.3, -0.25) is 9.48 Å². The third-order valence-electron chi connectivity index (χ3n) is 5.31. The maximum atomic E-state index is 13.3. The second-order valence-corrected chi connectivity index (χ2v) is 10.6. The lowest BCUT2D eigenvalue weighted by Gasteiger charge is -2.31. The normalized spacial score (nSPS) is 18.3. The fraction of sp³-hybridized carbons (Fsp3) is 0.632. The number of carbonyl (C=O) groups excluding carboxylic acids is 1. The third-order valence-corrected chi connectivity index (χ3v) is 8.49. The van der Waals surface area contributed by atoms with E-state index in [0.717, 1.165) is 23.5 Å². The molecule has 160 valence electrons. The predicted molar refractivity (Wildman–Crippen MR) is 112 cm³/mol. The van der Waals surface area contributed by atoms with E-state index in [1.807, 2.05) is 19.2 Å². The molecule has 8 nitrogen and oxygen atoms in total. The van der Waals surface area contributed by atoms with Gasteiger partial charge >= 0.3 is 0 Å². The van der Waals surface area contributed by atoms with Gasteiger partial charge in [-0.25, -0.2) is 13.4 Å². The van der Waals surface area contributed by atoms with E-state index in [2.05, 4.69) is 15.4 Å². The molecule has 2 aromatic heterocycles. The Morgan fingerprint density at radius 2 is 2.10 bits per heavy atom. The highest BCUT2D eigenvalue weighted by Crippen LogP contribution is 2.33. The molecule has 3 rings (SSSR count). The number of nitrogens with zero attached hydrogens (tertiary/aromatic N) is 4. The van der Waals surface area contributed by atoms with Crippen LogP contribution in [0.1, 0.15) is 54.7 Å². The minimum absolute atomic E-state index is 0.00306. The van der Waals surface area contributed by atoms with Crippen LogP contribution in [0, 0.1) is 19.8 Å². The molecule has 3 heterocycles. The molecular formula is C19H29N5O3S2. The number of sulfonamides is 1. The largest absolute Gasteiger partial charge is 0.350 e. The number of hydrogen-bond donors (Lipinski definition) is 1. The monoisotopic (exact) mass is 439 g/mol. The Kier molecular flexibility index (Phi) is 6.45. The van der Waals surface area contributed by atoms with E-state index in [9.17, 15) is 13.2 Å². The van der Waals surface area contributed by atoms with Gasteiger partial charge in [0.15, 0.2) is 0 Å². The first-order chi connectivity index (χ1) is 13.6. The zero-order valence-corrected chi connectivity index (χ0v) is 19.2. The SMILES string of the molecule is Cc1nn(C)c(C)c1S(=O)(=O)N1CCCC(c2nc(CNC(=O)C(C)C)cs2)C1. The summed E-state index contributed by atoms with van der Waals surface area (Å²) in [6.45, 7) is 8.55. The molecule has 10 heteroatoms. The molecule has 1 fully saturated rings. The molecule has 0 spiro atoms. The van der Waals surface area contributed by atoms with Gasteiger partial charge in [-0.1, -0.05) is 13.8 Å². The zero-order valence-electron chi connectivity index (χ0n) is 17.6. The molecule has 0 saturated carbocycles. The highest BCUT2D eigenvalue weighted by molar-refractivity contribution is 7.89. The number of piperidine rings is 1. The van der Waals surface area contributed by atoms with Gasteiger partial charge in [0, 0.05) is 37.4 Å². The Morgan fingerprint density at radius 3 is 2.72 bits per heavy atom. The number of carbonyl (C=O) groups is 1. The van der Waals surface area contributed by atoms with Crippen LogP contribution in [0.5, 0.6) is 0 Å². The highest BCUT2D eigenvalue weighted by atomic mass is 32.2. The molecule has 1 amide bonds.